The van der Waals surface area contributed by atoms with Crippen LogP contribution in [0.15, 0.2) is 0 Å². The molecule has 1 N–H and O–H groups in total. The SMILES string of the molecule is CCCNC1CC(C)CC(C)C1CN1CCCCCCC1. The number of nitrogens with one attached hydrogen (secondary N) is 1. The molecule has 0 aromatic carbocycles. The predicted molar refractivity (Wildman–Crippen MR) is 92.7 cm³/mol. The third kappa shape index (κ3) is 5.56. The Labute approximate surface area is 133 Å². The van der Waals surface area contributed by atoms with Crippen LogP contribution in [0.3, 0.4) is 0 Å². The molecular weight excluding hydrogens is 256 g/mol. The Bertz CT molecular complexity index is 271. The zero-order valence-electron chi connectivity index (χ0n) is 14.7. The lowest BCUT2D eigenvalue weighted by Crippen LogP contribution is -2.49. The zero-order valence-corrected chi connectivity index (χ0v) is 14.7. The summed E-state index contributed by atoms with van der Waals surface area (Å²) in [7, 11) is 0. The van der Waals surface area contributed by atoms with Crippen molar-refractivity contribution in [3.63, 3.8) is 0 Å². The van der Waals surface area contributed by atoms with E-state index in [0.29, 0.717) is 0 Å². The Morgan fingerprint density at radius 1 is 0.952 bits per heavy atom. The van der Waals surface area contributed by atoms with E-state index >= 15 is 0 Å². The molecule has 1 heterocycles. The maximum Gasteiger partial charge on any atom is 0.0113 e. The summed E-state index contributed by atoms with van der Waals surface area (Å²) in [6.45, 7) is 12.5. The van der Waals surface area contributed by atoms with Gasteiger partial charge in [0.05, 0.1) is 0 Å². The largest absolute Gasteiger partial charge is 0.314 e. The van der Waals surface area contributed by atoms with Gasteiger partial charge in [0.15, 0.2) is 0 Å². The van der Waals surface area contributed by atoms with Crippen LogP contribution >= 0.6 is 0 Å². The first-order valence-electron chi connectivity index (χ1n) is 9.66. The number of nitrogens with zero attached hydrogens (tertiary/aromatic N) is 1. The van der Waals surface area contributed by atoms with E-state index < -0.39 is 0 Å². The molecule has 1 aliphatic carbocycles. The summed E-state index contributed by atoms with van der Waals surface area (Å²) >= 11 is 0. The van der Waals surface area contributed by atoms with Crippen LogP contribution in [0.5, 0.6) is 0 Å². The highest BCUT2D eigenvalue weighted by molar-refractivity contribution is 4.89. The van der Waals surface area contributed by atoms with Gasteiger partial charge in [0.25, 0.3) is 0 Å². The first-order chi connectivity index (χ1) is 10.2. The van der Waals surface area contributed by atoms with Crippen molar-refractivity contribution in [2.75, 3.05) is 26.2 Å². The molecule has 2 rings (SSSR count). The second kappa shape index (κ2) is 9.15. The van der Waals surface area contributed by atoms with Gasteiger partial charge in [0.2, 0.25) is 0 Å². The van der Waals surface area contributed by atoms with Crippen LogP contribution in [0.4, 0.5) is 0 Å². The maximum atomic E-state index is 3.87. The van der Waals surface area contributed by atoms with Crippen LogP contribution in [-0.2, 0) is 0 Å². The van der Waals surface area contributed by atoms with Crippen molar-refractivity contribution in [3.05, 3.63) is 0 Å². The molecule has 0 amide bonds. The minimum absolute atomic E-state index is 0.758. The molecule has 1 saturated carbocycles. The van der Waals surface area contributed by atoms with Crippen molar-refractivity contribution in [1.82, 2.24) is 10.2 Å². The Morgan fingerprint density at radius 2 is 1.62 bits per heavy atom. The van der Waals surface area contributed by atoms with Gasteiger partial charge in [0.1, 0.15) is 0 Å². The van der Waals surface area contributed by atoms with Crippen molar-refractivity contribution < 1.29 is 0 Å². The fourth-order valence-corrected chi connectivity index (χ4v) is 4.58. The van der Waals surface area contributed by atoms with Gasteiger partial charge in [-0.2, -0.15) is 0 Å². The van der Waals surface area contributed by atoms with Crippen molar-refractivity contribution >= 4 is 0 Å². The third-order valence-corrected chi connectivity index (χ3v) is 5.75. The van der Waals surface area contributed by atoms with E-state index in [4.69, 9.17) is 0 Å². The molecule has 2 heteroatoms. The lowest BCUT2D eigenvalue weighted by molar-refractivity contribution is 0.0968. The summed E-state index contributed by atoms with van der Waals surface area (Å²) in [6, 6.07) is 0.758. The van der Waals surface area contributed by atoms with E-state index in [1.54, 1.807) is 0 Å². The highest BCUT2D eigenvalue weighted by atomic mass is 15.1. The van der Waals surface area contributed by atoms with Crippen molar-refractivity contribution in [2.24, 2.45) is 17.8 Å². The molecule has 21 heavy (non-hydrogen) atoms. The number of likely N-dealkylation sites (tertiary alicyclic amines) is 1. The van der Waals surface area contributed by atoms with Gasteiger partial charge in [-0.15, -0.1) is 0 Å². The van der Waals surface area contributed by atoms with Crippen LogP contribution in [0.25, 0.3) is 0 Å². The van der Waals surface area contributed by atoms with Gasteiger partial charge in [0, 0.05) is 12.6 Å². The summed E-state index contributed by atoms with van der Waals surface area (Å²) in [6.07, 6.45) is 11.3. The van der Waals surface area contributed by atoms with Crippen molar-refractivity contribution in [1.29, 1.82) is 0 Å². The maximum absolute atomic E-state index is 3.87. The average Bonchev–Trinajstić information content (AvgIpc) is 2.41. The molecule has 0 spiro atoms. The van der Waals surface area contributed by atoms with E-state index in [1.165, 1.54) is 77.5 Å². The molecule has 4 unspecified atom stereocenters. The summed E-state index contributed by atoms with van der Waals surface area (Å²) in [4.78, 5) is 2.79. The monoisotopic (exact) mass is 294 g/mol. The molecule has 2 aliphatic rings. The van der Waals surface area contributed by atoms with E-state index in [-0.39, 0.29) is 0 Å². The summed E-state index contributed by atoms with van der Waals surface area (Å²) in [5.41, 5.74) is 0. The quantitative estimate of drug-likeness (QED) is 0.813. The molecule has 0 bridgehead atoms. The van der Waals surface area contributed by atoms with Crippen LogP contribution in [-0.4, -0.2) is 37.1 Å². The van der Waals surface area contributed by atoms with Gasteiger partial charge < -0.3 is 10.2 Å². The lowest BCUT2D eigenvalue weighted by atomic mass is 9.72. The summed E-state index contributed by atoms with van der Waals surface area (Å²) in [5, 5.41) is 3.87. The van der Waals surface area contributed by atoms with Gasteiger partial charge in [-0.1, -0.05) is 40.0 Å². The van der Waals surface area contributed by atoms with E-state index in [1.807, 2.05) is 0 Å². The molecule has 1 saturated heterocycles. The topological polar surface area (TPSA) is 15.3 Å². The Kier molecular flexibility index (Phi) is 7.53. The van der Waals surface area contributed by atoms with E-state index in [0.717, 1.165) is 23.8 Å². The molecule has 2 fully saturated rings. The van der Waals surface area contributed by atoms with Gasteiger partial charge >= 0.3 is 0 Å². The second-order valence-corrected chi connectivity index (χ2v) is 7.85. The Balaban J connectivity index is 1.91. The van der Waals surface area contributed by atoms with Crippen LogP contribution in [0.1, 0.15) is 72.1 Å². The second-order valence-electron chi connectivity index (χ2n) is 7.85. The smallest absolute Gasteiger partial charge is 0.0113 e. The summed E-state index contributed by atoms with van der Waals surface area (Å²) in [5.74, 6) is 2.65. The highest BCUT2D eigenvalue weighted by Gasteiger charge is 2.34. The molecule has 0 radical (unpaired) electrons. The van der Waals surface area contributed by atoms with Crippen LogP contribution < -0.4 is 5.32 Å². The van der Waals surface area contributed by atoms with E-state index in [9.17, 15) is 0 Å². The fraction of sp³-hybridized carbons (Fsp3) is 1.00. The predicted octanol–water partition coefficient (Wildman–Crippen LogP) is 4.30. The molecule has 0 aromatic rings. The zero-order chi connectivity index (χ0) is 15.1. The first-order valence-corrected chi connectivity index (χ1v) is 9.66. The van der Waals surface area contributed by atoms with Crippen molar-refractivity contribution in [2.45, 2.75) is 78.2 Å². The van der Waals surface area contributed by atoms with Gasteiger partial charge in [-0.3, -0.25) is 0 Å². The molecule has 124 valence electrons. The molecule has 1 aliphatic heterocycles. The van der Waals surface area contributed by atoms with Crippen molar-refractivity contribution in [3.8, 4) is 0 Å². The molecular formula is C19H38N2. The third-order valence-electron chi connectivity index (χ3n) is 5.75. The molecule has 4 atom stereocenters. The Morgan fingerprint density at radius 3 is 2.29 bits per heavy atom. The normalized spacial score (nSPS) is 36.1. The highest BCUT2D eigenvalue weighted by Crippen LogP contribution is 2.34. The fourth-order valence-electron chi connectivity index (χ4n) is 4.58. The van der Waals surface area contributed by atoms with Gasteiger partial charge in [-0.05, 0) is 69.5 Å². The first kappa shape index (κ1) is 17.3. The minimum Gasteiger partial charge on any atom is -0.314 e. The summed E-state index contributed by atoms with van der Waals surface area (Å²) < 4.78 is 0. The lowest BCUT2D eigenvalue weighted by Gasteiger charge is -2.43. The van der Waals surface area contributed by atoms with Gasteiger partial charge in [-0.25, -0.2) is 0 Å². The minimum atomic E-state index is 0.758. The molecule has 2 nitrogen and oxygen atoms in total. The number of rotatable bonds is 5. The standard InChI is InChI=1S/C19H38N2/c1-4-10-20-19-14-16(2)13-17(3)18(19)15-21-11-8-6-5-7-9-12-21/h16-20H,4-15H2,1-3H3. The number of hydrogen-bond donors (Lipinski definition) is 1. The van der Waals surface area contributed by atoms with Crippen LogP contribution in [0.2, 0.25) is 0 Å². The average molecular weight is 295 g/mol. The molecule has 0 aromatic heterocycles. The van der Waals surface area contributed by atoms with Crippen LogP contribution in [0, 0.1) is 17.8 Å². The number of hydrogen-bond acceptors (Lipinski definition) is 2. The van der Waals surface area contributed by atoms with E-state index in [2.05, 4.69) is 31.0 Å². The Hall–Kier alpha value is -0.0800.